The number of hydrogen-bond donors (Lipinski definition) is 0. The number of aromatic nitrogens is 2. The van der Waals surface area contributed by atoms with Crippen LogP contribution < -0.4 is 0 Å². The number of methoxy groups -OCH3 is 1. The van der Waals surface area contributed by atoms with Crippen LogP contribution in [0.15, 0.2) is 35.6 Å². The molecule has 0 fully saturated rings. The number of nitrogens with zero attached hydrogens (tertiary/aromatic N) is 2. The maximum atomic E-state index is 11.8. The van der Waals surface area contributed by atoms with Gasteiger partial charge < -0.3 is 4.74 Å². The minimum atomic E-state index is -0.507. The Morgan fingerprint density at radius 3 is 2.68 bits per heavy atom. The summed E-state index contributed by atoms with van der Waals surface area (Å²) in [5, 5.41) is 1.05. The Kier molecular flexibility index (Phi) is 4.39. The maximum absolute atomic E-state index is 11.8. The highest BCUT2D eigenvalue weighted by Crippen LogP contribution is 2.30. The second-order valence-corrected chi connectivity index (χ2v) is 4.77. The number of carbonyl (C=O) groups excluding carboxylic acids is 1. The molecule has 0 saturated heterocycles. The Morgan fingerprint density at radius 2 is 2.05 bits per heavy atom. The van der Waals surface area contributed by atoms with Crippen molar-refractivity contribution in [3.63, 3.8) is 0 Å². The standard InChI is InChI=1S/C13H11ClN2O2S/c1-18-12(17)11-9(7-15-13(16-11)19-2)8-5-3-4-6-10(8)14/h3-7H,1-2H3. The molecule has 0 atom stereocenters. The van der Waals surface area contributed by atoms with Gasteiger partial charge in [0.15, 0.2) is 10.9 Å². The SMILES string of the molecule is COC(=O)c1nc(SC)ncc1-c1ccccc1Cl. The van der Waals surface area contributed by atoms with E-state index < -0.39 is 5.97 Å². The van der Waals surface area contributed by atoms with E-state index >= 15 is 0 Å². The van der Waals surface area contributed by atoms with E-state index in [1.165, 1.54) is 18.9 Å². The van der Waals surface area contributed by atoms with Crippen LogP contribution in [0, 0.1) is 0 Å². The van der Waals surface area contributed by atoms with E-state index in [4.69, 9.17) is 16.3 Å². The molecule has 19 heavy (non-hydrogen) atoms. The zero-order valence-electron chi connectivity index (χ0n) is 10.4. The lowest BCUT2D eigenvalue weighted by Crippen LogP contribution is -2.08. The fourth-order valence-electron chi connectivity index (χ4n) is 1.59. The molecule has 0 spiro atoms. The third-order valence-corrected chi connectivity index (χ3v) is 3.38. The summed E-state index contributed by atoms with van der Waals surface area (Å²) in [6, 6.07) is 7.22. The molecule has 0 saturated carbocycles. The molecule has 1 aromatic heterocycles. The van der Waals surface area contributed by atoms with E-state index in [1.807, 2.05) is 24.5 Å². The number of hydrogen-bond acceptors (Lipinski definition) is 5. The van der Waals surface area contributed by atoms with Crippen LogP contribution in [0.25, 0.3) is 11.1 Å². The molecule has 0 aliphatic carbocycles. The number of thioether (sulfide) groups is 1. The first-order valence-corrected chi connectivity index (χ1v) is 7.02. The highest BCUT2D eigenvalue weighted by atomic mass is 35.5. The van der Waals surface area contributed by atoms with Crippen LogP contribution in [0.2, 0.25) is 5.02 Å². The second-order valence-electron chi connectivity index (χ2n) is 3.59. The van der Waals surface area contributed by atoms with Gasteiger partial charge in [-0.1, -0.05) is 41.6 Å². The minimum Gasteiger partial charge on any atom is -0.464 e. The van der Waals surface area contributed by atoms with Gasteiger partial charge in [-0.05, 0) is 12.3 Å². The molecule has 0 radical (unpaired) electrons. The zero-order chi connectivity index (χ0) is 13.8. The summed E-state index contributed by atoms with van der Waals surface area (Å²) < 4.78 is 4.76. The van der Waals surface area contributed by atoms with Gasteiger partial charge in [-0.3, -0.25) is 0 Å². The molecular weight excluding hydrogens is 284 g/mol. The van der Waals surface area contributed by atoms with Crippen molar-refractivity contribution in [2.45, 2.75) is 5.16 Å². The number of rotatable bonds is 3. The molecule has 4 nitrogen and oxygen atoms in total. The predicted molar refractivity (Wildman–Crippen MR) is 75.6 cm³/mol. The molecule has 0 unspecified atom stereocenters. The lowest BCUT2D eigenvalue weighted by atomic mass is 10.1. The van der Waals surface area contributed by atoms with Crippen molar-refractivity contribution in [3.05, 3.63) is 41.2 Å². The molecule has 0 bridgehead atoms. The van der Waals surface area contributed by atoms with Crippen LogP contribution in [0.1, 0.15) is 10.5 Å². The average Bonchev–Trinajstić information content (AvgIpc) is 2.46. The molecule has 6 heteroatoms. The van der Waals surface area contributed by atoms with Crippen LogP contribution >= 0.6 is 23.4 Å². The highest BCUT2D eigenvalue weighted by molar-refractivity contribution is 7.98. The number of carbonyl (C=O) groups is 1. The van der Waals surface area contributed by atoms with E-state index in [0.29, 0.717) is 21.3 Å². The van der Waals surface area contributed by atoms with Crippen molar-refractivity contribution in [1.82, 2.24) is 9.97 Å². The Bertz CT molecular complexity index is 619. The monoisotopic (exact) mass is 294 g/mol. The number of benzene rings is 1. The van der Waals surface area contributed by atoms with E-state index in [2.05, 4.69) is 9.97 Å². The fourth-order valence-corrected chi connectivity index (χ4v) is 2.17. The van der Waals surface area contributed by atoms with Gasteiger partial charge in [-0.15, -0.1) is 0 Å². The van der Waals surface area contributed by atoms with Crippen molar-refractivity contribution in [2.75, 3.05) is 13.4 Å². The number of ether oxygens (including phenoxy) is 1. The third-order valence-electron chi connectivity index (χ3n) is 2.49. The van der Waals surface area contributed by atoms with Crippen molar-refractivity contribution in [3.8, 4) is 11.1 Å². The maximum Gasteiger partial charge on any atom is 0.357 e. The van der Waals surface area contributed by atoms with Crippen LogP contribution in [-0.2, 0) is 4.74 Å². The van der Waals surface area contributed by atoms with Crippen LogP contribution in [0.3, 0.4) is 0 Å². The predicted octanol–water partition coefficient (Wildman–Crippen LogP) is 3.31. The Balaban J connectivity index is 2.63. The molecule has 0 aliphatic rings. The van der Waals surface area contributed by atoms with Crippen molar-refractivity contribution >= 4 is 29.3 Å². The Hall–Kier alpha value is -1.59. The fraction of sp³-hybridized carbons (Fsp3) is 0.154. The summed E-state index contributed by atoms with van der Waals surface area (Å²) in [5.41, 5.74) is 1.49. The molecule has 1 heterocycles. The normalized spacial score (nSPS) is 10.3. The van der Waals surface area contributed by atoms with Gasteiger partial charge in [0.1, 0.15) is 0 Å². The van der Waals surface area contributed by atoms with Gasteiger partial charge in [0, 0.05) is 22.3 Å². The van der Waals surface area contributed by atoms with Gasteiger partial charge in [-0.2, -0.15) is 0 Å². The molecule has 0 amide bonds. The van der Waals surface area contributed by atoms with Crippen molar-refractivity contribution in [1.29, 1.82) is 0 Å². The van der Waals surface area contributed by atoms with E-state index in [0.717, 1.165) is 0 Å². The van der Waals surface area contributed by atoms with Crippen LogP contribution in [-0.4, -0.2) is 29.3 Å². The van der Waals surface area contributed by atoms with Crippen molar-refractivity contribution in [2.24, 2.45) is 0 Å². The molecule has 0 aliphatic heterocycles. The van der Waals surface area contributed by atoms with Gasteiger partial charge in [-0.25, -0.2) is 14.8 Å². The first-order valence-electron chi connectivity index (χ1n) is 5.41. The summed E-state index contributed by atoms with van der Waals surface area (Å²) in [7, 11) is 1.32. The summed E-state index contributed by atoms with van der Waals surface area (Å²) >= 11 is 7.50. The molecular formula is C13H11ClN2O2S. The summed E-state index contributed by atoms with van der Waals surface area (Å²) in [6.45, 7) is 0. The number of esters is 1. The number of halogens is 1. The van der Waals surface area contributed by atoms with Crippen LogP contribution in [0.5, 0.6) is 0 Å². The minimum absolute atomic E-state index is 0.218. The molecule has 1 aromatic carbocycles. The average molecular weight is 295 g/mol. The quantitative estimate of drug-likeness (QED) is 0.494. The third kappa shape index (κ3) is 2.88. The van der Waals surface area contributed by atoms with Crippen LogP contribution in [0.4, 0.5) is 0 Å². The van der Waals surface area contributed by atoms with E-state index in [9.17, 15) is 4.79 Å². The van der Waals surface area contributed by atoms with Crippen molar-refractivity contribution < 1.29 is 9.53 Å². The first kappa shape index (κ1) is 13.8. The second kappa shape index (κ2) is 6.04. The molecule has 2 aromatic rings. The lowest BCUT2D eigenvalue weighted by Gasteiger charge is -2.09. The van der Waals surface area contributed by atoms with Gasteiger partial charge in [0.05, 0.1) is 7.11 Å². The summed E-state index contributed by atoms with van der Waals surface area (Å²) in [5.74, 6) is -0.507. The highest BCUT2D eigenvalue weighted by Gasteiger charge is 2.18. The Morgan fingerprint density at radius 1 is 1.32 bits per heavy atom. The van der Waals surface area contributed by atoms with E-state index in [-0.39, 0.29) is 5.69 Å². The Labute approximate surface area is 120 Å². The molecule has 98 valence electrons. The smallest absolute Gasteiger partial charge is 0.357 e. The zero-order valence-corrected chi connectivity index (χ0v) is 12.0. The van der Waals surface area contributed by atoms with Gasteiger partial charge >= 0.3 is 5.97 Å². The molecule has 2 rings (SSSR count). The molecule has 0 N–H and O–H groups in total. The topological polar surface area (TPSA) is 52.1 Å². The van der Waals surface area contributed by atoms with Gasteiger partial charge in [0.2, 0.25) is 0 Å². The lowest BCUT2D eigenvalue weighted by molar-refractivity contribution is 0.0594. The largest absolute Gasteiger partial charge is 0.464 e. The van der Waals surface area contributed by atoms with E-state index in [1.54, 1.807) is 12.3 Å². The summed E-state index contributed by atoms with van der Waals surface area (Å²) in [4.78, 5) is 20.2. The summed E-state index contributed by atoms with van der Waals surface area (Å²) in [6.07, 6.45) is 3.43. The first-order chi connectivity index (χ1) is 9.17. The van der Waals surface area contributed by atoms with Gasteiger partial charge in [0.25, 0.3) is 0 Å².